The monoisotopic (exact) mass is 219 g/mol. The van der Waals surface area contributed by atoms with Crippen molar-refractivity contribution in [3.05, 3.63) is 35.8 Å². The van der Waals surface area contributed by atoms with E-state index in [2.05, 4.69) is 0 Å². The normalized spacial score (nSPS) is 18.9. The molecule has 0 radical (unpaired) electrons. The first-order valence-electron chi connectivity index (χ1n) is 5.19. The number of carboxylic acids is 1. The highest BCUT2D eigenvalue weighted by molar-refractivity contribution is 5.85. The summed E-state index contributed by atoms with van der Waals surface area (Å²) in [6, 6.07) is 5.99. The molecule has 4 heteroatoms. The Morgan fingerprint density at radius 2 is 2.31 bits per heavy atom. The molecule has 0 amide bonds. The second-order valence-electron chi connectivity index (χ2n) is 4.07. The SMILES string of the molecule is O=C(O)C1CCc2cc3c(F)cccc3n21. The lowest BCUT2D eigenvalue weighted by Crippen LogP contribution is -2.14. The fraction of sp³-hybridized carbons (Fsp3) is 0.250. The van der Waals surface area contributed by atoms with Gasteiger partial charge in [-0.1, -0.05) is 6.07 Å². The Balaban J connectivity index is 2.31. The maximum Gasteiger partial charge on any atom is 0.326 e. The minimum absolute atomic E-state index is 0.288. The van der Waals surface area contributed by atoms with Crippen LogP contribution in [0.3, 0.4) is 0 Å². The van der Waals surface area contributed by atoms with Crippen LogP contribution in [0.4, 0.5) is 4.39 Å². The Morgan fingerprint density at radius 1 is 1.50 bits per heavy atom. The number of halogens is 1. The quantitative estimate of drug-likeness (QED) is 0.799. The molecular weight excluding hydrogens is 209 g/mol. The van der Waals surface area contributed by atoms with Crippen molar-refractivity contribution in [2.45, 2.75) is 18.9 Å². The Kier molecular flexibility index (Phi) is 1.80. The fourth-order valence-electron chi connectivity index (χ4n) is 2.48. The smallest absolute Gasteiger partial charge is 0.326 e. The Labute approximate surface area is 91.1 Å². The Hall–Kier alpha value is -1.84. The number of hydrogen-bond acceptors (Lipinski definition) is 1. The fourth-order valence-corrected chi connectivity index (χ4v) is 2.48. The molecule has 0 spiro atoms. The zero-order valence-electron chi connectivity index (χ0n) is 8.48. The molecule has 0 aliphatic carbocycles. The summed E-state index contributed by atoms with van der Waals surface area (Å²) in [6.45, 7) is 0. The maximum absolute atomic E-state index is 13.5. The van der Waals surface area contributed by atoms with Gasteiger partial charge in [0.05, 0.1) is 5.52 Å². The molecule has 3 rings (SSSR count). The van der Waals surface area contributed by atoms with Gasteiger partial charge in [0.2, 0.25) is 0 Å². The van der Waals surface area contributed by atoms with E-state index < -0.39 is 12.0 Å². The standard InChI is InChI=1S/C12H10FNO2/c13-9-2-1-3-10-8(9)6-7-4-5-11(12(15)16)14(7)10/h1-3,6,11H,4-5H2,(H,15,16). The number of hydrogen-bond donors (Lipinski definition) is 1. The van der Waals surface area contributed by atoms with Crippen LogP contribution in [-0.2, 0) is 11.2 Å². The van der Waals surface area contributed by atoms with Gasteiger partial charge in [0.1, 0.15) is 11.9 Å². The van der Waals surface area contributed by atoms with Gasteiger partial charge in [-0.05, 0) is 31.0 Å². The highest BCUT2D eigenvalue weighted by atomic mass is 19.1. The Bertz CT molecular complexity index is 588. The number of aryl methyl sites for hydroxylation is 1. The van der Waals surface area contributed by atoms with Crippen LogP contribution in [0.1, 0.15) is 18.2 Å². The molecule has 2 aromatic rings. The summed E-state index contributed by atoms with van der Waals surface area (Å²) in [4.78, 5) is 11.1. The topological polar surface area (TPSA) is 42.2 Å². The van der Waals surface area contributed by atoms with Crippen molar-refractivity contribution >= 4 is 16.9 Å². The van der Waals surface area contributed by atoms with E-state index in [0.29, 0.717) is 23.7 Å². The number of carbonyl (C=O) groups is 1. The highest BCUT2D eigenvalue weighted by Crippen LogP contribution is 2.34. The van der Waals surface area contributed by atoms with Crippen LogP contribution in [0.15, 0.2) is 24.3 Å². The average molecular weight is 219 g/mol. The van der Waals surface area contributed by atoms with Crippen LogP contribution in [0.5, 0.6) is 0 Å². The molecule has 1 atom stereocenters. The lowest BCUT2D eigenvalue weighted by atomic mass is 10.1. The van der Waals surface area contributed by atoms with Gasteiger partial charge in [-0.15, -0.1) is 0 Å². The maximum atomic E-state index is 13.5. The van der Waals surface area contributed by atoms with Crippen molar-refractivity contribution in [2.75, 3.05) is 0 Å². The third-order valence-corrected chi connectivity index (χ3v) is 3.18. The molecular formula is C12H10FNO2. The number of aliphatic carboxylic acids is 1. The van der Waals surface area contributed by atoms with E-state index in [1.807, 2.05) is 0 Å². The van der Waals surface area contributed by atoms with Gasteiger partial charge >= 0.3 is 5.97 Å². The first-order valence-corrected chi connectivity index (χ1v) is 5.19. The van der Waals surface area contributed by atoms with Crippen molar-refractivity contribution in [2.24, 2.45) is 0 Å². The number of rotatable bonds is 1. The van der Waals surface area contributed by atoms with E-state index in [4.69, 9.17) is 5.11 Å². The van der Waals surface area contributed by atoms with Crippen molar-refractivity contribution in [1.29, 1.82) is 0 Å². The van der Waals surface area contributed by atoms with E-state index in [-0.39, 0.29) is 5.82 Å². The van der Waals surface area contributed by atoms with Crippen LogP contribution in [0.25, 0.3) is 10.9 Å². The van der Waals surface area contributed by atoms with Gasteiger partial charge in [-0.3, -0.25) is 0 Å². The average Bonchev–Trinajstić information content (AvgIpc) is 2.77. The van der Waals surface area contributed by atoms with Gasteiger partial charge in [-0.25, -0.2) is 9.18 Å². The minimum atomic E-state index is -0.847. The van der Waals surface area contributed by atoms with E-state index in [1.165, 1.54) is 6.07 Å². The molecule has 1 aromatic carbocycles. The zero-order chi connectivity index (χ0) is 11.3. The number of fused-ring (bicyclic) bond motifs is 3. The first kappa shape index (κ1) is 9.39. The number of carboxylic acid groups (broad SMARTS) is 1. The van der Waals surface area contributed by atoms with Gasteiger partial charge in [0.15, 0.2) is 0 Å². The summed E-state index contributed by atoms with van der Waals surface area (Å²) in [7, 11) is 0. The van der Waals surface area contributed by atoms with Crippen LogP contribution in [0.2, 0.25) is 0 Å². The predicted molar refractivity (Wildman–Crippen MR) is 56.9 cm³/mol. The summed E-state index contributed by atoms with van der Waals surface area (Å²) in [5, 5.41) is 9.61. The van der Waals surface area contributed by atoms with E-state index in [1.54, 1.807) is 22.8 Å². The number of aromatic nitrogens is 1. The third-order valence-electron chi connectivity index (χ3n) is 3.18. The van der Waals surface area contributed by atoms with E-state index >= 15 is 0 Å². The molecule has 0 bridgehead atoms. The lowest BCUT2D eigenvalue weighted by molar-refractivity contribution is -0.140. The van der Waals surface area contributed by atoms with Crippen LogP contribution >= 0.6 is 0 Å². The van der Waals surface area contributed by atoms with Crippen LogP contribution in [-0.4, -0.2) is 15.6 Å². The summed E-state index contributed by atoms with van der Waals surface area (Å²) < 4.78 is 15.2. The third kappa shape index (κ3) is 1.10. The van der Waals surface area contributed by atoms with Gasteiger partial charge < -0.3 is 9.67 Å². The van der Waals surface area contributed by atoms with E-state index in [9.17, 15) is 9.18 Å². The van der Waals surface area contributed by atoms with Crippen molar-refractivity contribution in [3.8, 4) is 0 Å². The Morgan fingerprint density at radius 3 is 3.06 bits per heavy atom. The lowest BCUT2D eigenvalue weighted by Gasteiger charge is -2.09. The summed E-state index contributed by atoms with van der Waals surface area (Å²) in [5.41, 5.74) is 1.59. The molecule has 0 fully saturated rings. The van der Waals surface area contributed by atoms with Crippen molar-refractivity contribution in [3.63, 3.8) is 0 Å². The van der Waals surface area contributed by atoms with Gasteiger partial charge in [0, 0.05) is 11.1 Å². The summed E-state index contributed by atoms with van der Waals surface area (Å²) >= 11 is 0. The summed E-state index contributed by atoms with van der Waals surface area (Å²) in [6.07, 6.45) is 1.29. The second kappa shape index (κ2) is 3.07. The number of nitrogens with zero attached hydrogens (tertiary/aromatic N) is 1. The zero-order valence-corrected chi connectivity index (χ0v) is 8.48. The predicted octanol–water partition coefficient (Wildman–Crippen LogP) is 2.35. The summed E-state index contributed by atoms with van der Waals surface area (Å²) in [5.74, 6) is -1.14. The molecule has 1 unspecified atom stereocenters. The van der Waals surface area contributed by atoms with Crippen LogP contribution in [0, 0.1) is 5.82 Å². The van der Waals surface area contributed by atoms with Crippen molar-refractivity contribution in [1.82, 2.24) is 4.57 Å². The van der Waals surface area contributed by atoms with Gasteiger partial charge in [-0.2, -0.15) is 0 Å². The highest BCUT2D eigenvalue weighted by Gasteiger charge is 2.29. The first-order chi connectivity index (χ1) is 7.68. The van der Waals surface area contributed by atoms with E-state index in [0.717, 1.165) is 5.69 Å². The number of benzene rings is 1. The molecule has 16 heavy (non-hydrogen) atoms. The van der Waals surface area contributed by atoms with Gasteiger partial charge in [0.25, 0.3) is 0 Å². The molecule has 0 saturated carbocycles. The molecule has 82 valence electrons. The molecule has 3 nitrogen and oxygen atoms in total. The molecule has 1 aromatic heterocycles. The van der Waals surface area contributed by atoms with Crippen LogP contribution < -0.4 is 0 Å². The largest absolute Gasteiger partial charge is 0.480 e. The molecule has 1 aliphatic heterocycles. The molecule has 0 saturated heterocycles. The van der Waals surface area contributed by atoms with Crippen molar-refractivity contribution < 1.29 is 14.3 Å². The molecule has 1 N–H and O–H groups in total. The molecule has 1 aliphatic rings. The molecule has 2 heterocycles. The second-order valence-corrected chi connectivity index (χ2v) is 4.07. The minimum Gasteiger partial charge on any atom is -0.480 e.